The molecular formula is C23H20N8O3S2. The number of thioether (sulfide) groups is 1. The lowest BCUT2D eigenvalue weighted by atomic mass is 10.2. The quantitative estimate of drug-likeness (QED) is 0.264. The fourth-order valence-electron chi connectivity index (χ4n) is 3.30. The zero-order valence-electron chi connectivity index (χ0n) is 18.7. The van der Waals surface area contributed by atoms with Gasteiger partial charge in [0, 0.05) is 11.9 Å². The van der Waals surface area contributed by atoms with E-state index in [0.29, 0.717) is 27.8 Å². The zero-order valence-corrected chi connectivity index (χ0v) is 20.4. The third-order valence-corrected chi connectivity index (χ3v) is 7.38. The Balaban J connectivity index is 1.36. The highest BCUT2D eigenvalue weighted by molar-refractivity contribution is 7.98. The van der Waals surface area contributed by atoms with Gasteiger partial charge >= 0.3 is 0 Å². The Labute approximate surface area is 211 Å². The second kappa shape index (κ2) is 10.6. The van der Waals surface area contributed by atoms with E-state index in [1.165, 1.54) is 35.0 Å². The molecule has 182 valence electrons. The highest BCUT2D eigenvalue weighted by Crippen LogP contribution is 2.37. The number of hydrogen-bond donors (Lipinski definition) is 2. The molecule has 0 radical (unpaired) electrons. The van der Waals surface area contributed by atoms with E-state index in [1.54, 1.807) is 30.5 Å². The average molecular weight is 521 g/mol. The van der Waals surface area contributed by atoms with Crippen LogP contribution in [0.2, 0.25) is 0 Å². The van der Waals surface area contributed by atoms with E-state index in [2.05, 4.69) is 35.3 Å². The van der Waals surface area contributed by atoms with E-state index >= 15 is 0 Å². The number of anilines is 1. The third kappa shape index (κ3) is 5.53. The van der Waals surface area contributed by atoms with E-state index in [0.717, 1.165) is 5.56 Å². The van der Waals surface area contributed by atoms with Crippen molar-refractivity contribution >= 4 is 27.6 Å². The maximum atomic E-state index is 12.9. The van der Waals surface area contributed by atoms with Crippen LogP contribution >= 0.6 is 11.8 Å². The fraction of sp³-hybridized carbons (Fsp3) is 0.0870. The van der Waals surface area contributed by atoms with Crippen LogP contribution in [0.1, 0.15) is 5.56 Å². The van der Waals surface area contributed by atoms with Gasteiger partial charge in [-0.05, 0) is 47.2 Å². The van der Waals surface area contributed by atoms with Crippen molar-refractivity contribution in [3.63, 3.8) is 0 Å². The summed E-state index contributed by atoms with van der Waals surface area (Å²) in [5.74, 6) is 1.42. The molecule has 0 aliphatic heterocycles. The molecular weight excluding hydrogens is 500 g/mol. The average Bonchev–Trinajstić information content (AvgIpc) is 3.57. The third-order valence-electron chi connectivity index (χ3n) is 4.96. The Morgan fingerprint density at radius 2 is 1.89 bits per heavy atom. The lowest BCUT2D eigenvalue weighted by molar-refractivity contribution is 0.200. The summed E-state index contributed by atoms with van der Waals surface area (Å²) >= 11 is 1.47. The van der Waals surface area contributed by atoms with E-state index in [9.17, 15) is 8.42 Å². The largest absolute Gasteiger partial charge is 0.469 e. The van der Waals surface area contributed by atoms with Gasteiger partial charge in [0.25, 0.3) is 10.0 Å². The molecule has 3 heterocycles. The van der Waals surface area contributed by atoms with Crippen LogP contribution in [-0.2, 0) is 22.5 Å². The van der Waals surface area contributed by atoms with Gasteiger partial charge < -0.3 is 4.74 Å². The smallest absolute Gasteiger partial charge is 0.263 e. The number of pyridine rings is 1. The molecule has 2 aromatic carbocycles. The lowest BCUT2D eigenvalue weighted by Crippen LogP contribution is -2.13. The SMILES string of the molecule is O=S(=O)(Nc1n[nH]c(SCc2cccc(OCn3ncnn3)c2)c1-c1ccccn1)c1ccccc1. The van der Waals surface area contributed by atoms with Gasteiger partial charge in [0.15, 0.2) is 12.1 Å². The second-order valence-electron chi connectivity index (χ2n) is 7.43. The van der Waals surface area contributed by atoms with E-state index in [-0.39, 0.29) is 17.4 Å². The van der Waals surface area contributed by atoms with Crippen molar-refractivity contribution < 1.29 is 13.2 Å². The molecule has 2 N–H and O–H groups in total. The molecule has 0 aliphatic carbocycles. The van der Waals surface area contributed by atoms with Crippen LogP contribution in [0, 0.1) is 0 Å². The van der Waals surface area contributed by atoms with Crippen LogP contribution in [0.15, 0.2) is 95.2 Å². The molecule has 0 fully saturated rings. The standard InChI is InChI=1S/C23H20N8O3S2/c32-36(33,19-9-2-1-3-10-19)29-22-21(20-11-4-5-12-24-20)23(28-27-22)35-14-17-7-6-8-18(13-17)34-16-31-26-15-25-30-31/h1-13,15H,14,16H2,(H2,27,28,29). The van der Waals surface area contributed by atoms with Crippen molar-refractivity contribution in [2.24, 2.45) is 0 Å². The number of sulfonamides is 1. The lowest BCUT2D eigenvalue weighted by Gasteiger charge is -2.09. The van der Waals surface area contributed by atoms with Gasteiger partial charge in [-0.25, -0.2) is 8.42 Å². The minimum absolute atomic E-state index is 0.145. The van der Waals surface area contributed by atoms with Crippen molar-refractivity contribution in [2.45, 2.75) is 22.4 Å². The maximum Gasteiger partial charge on any atom is 0.263 e. The molecule has 0 aliphatic rings. The Morgan fingerprint density at radius 1 is 1.03 bits per heavy atom. The first kappa shape index (κ1) is 23.5. The van der Waals surface area contributed by atoms with Gasteiger partial charge in [0.1, 0.15) is 10.8 Å². The van der Waals surface area contributed by atoms with Crippen LogP contribution in [0.5, 0.6) is 5.75 Å². The van der Waals surface area contributed by atoms with Gasteiger partial charge in [-0.1, -0.05) is 36.4 Å². The Hall–Kier alpha value is -4.23. The number of H-pyrrole nitrogens is 1. The predicted octanol–water partition coefficient (Wildman–Crippen LogP) is 3.59. The summed E-state index contributed by atoms with van der Waals surface area (Å²) in [5, 5.41) is 19.3. The summed E-state index contributed by atoms with van der Waals surface area (Å²) in [7, 11) is -3.83. The molecule has 11 nitrogen and oxygen atoms in total. The number of hydrogen-bond acceptors (Lipinski definition) is 9. The molecule has 0 spiro atoms. The number of nitrogens with zero attached hydrogens (tertiary/aromatic N) is 6. The molecule has 0 unspecified atom stereocenters. The number of tetrazole rings is 1. The van der Waals surface area contributed by atoms with Crippen molar-refractivity contribution in [3.8, 4) is 17.0 Å². The molecule has 5 rings (SSSR count). The van der Waals surface area contributed by atoms with Crippen LogP contribution in [0.25, 0.3) is 11.3 Å². The highest BCUT2D eigenvalue weighted by Gasteiger charge is 2.22. The van der Waals surface area contributed by atoms with Gasteiger partial charge in [0.05, 0.1) is 16.2 Å². The van der Waals surface area contributed by atoms with E-state index in [1.807, 2.05) is 36.4 Å². The van der Waals surface area contributed by atoms with Crippen LogP contribution < -0.4 is 9.46 Å². The first-order valence-corrected chi connectivity index (χ1v) is 13.2. The Kier molecular flexibility index (Phi) is 6.91. The number of ether oxygens (including phenoxy) is 1. The number of aromatic nitrogens is 7. The zero-order chi connectivity index (χ0) is 24.8. The maximum absolute atomic E-state index is 12.9. The van der Waals surface area contributed by atoms with Gasteiger partial charge in [0.2, 0.25) is 6.73 Å². The molecule has 5 aromatic rings. The first-order chi connectivity index (χ1) is 17.6. The minimum Gasteiger partial charge on any atom is -0.469 e. The molecule has 0 saturated carbocycles. The van der Waals surface area contributed by atoms with Crippen LogP contribution in [-0.4, -0.2) is 43.8 Å². The molecule has 13 heteroatoms. The Bertz CT molecular complexity index is 1530. The first-order valence-electron chi connectivity index (χ1n) is 10.7. The van der Waals surface area contributed by atoms with Crippen molar-refractivity contribution in [3.05, 3.63) is 90.9 Å². The summed E-state index contributed by atoms with van der Waals surface area (Å²) in [6.45, 7) is 0.145. The molecule has 0 bridgehead atoms. The summed E-state index contributed by atoms with van der Waals surface area (Å²) in [5.41, 5.74) is 2.17. The molecule has 3 aromatic heterocycles. The monoisotopic (exact) mass is 520 g/mol. The van der Waals surface area contributed by atoms with Gasteiger partial charge in [-0.15, -0.1) is 26.8 Å². The fourth-order valence-corrected chi connectivity index (χ4v) is 5.28. The highest BCUT2D eigenvalue weighted by atomic mass is 32.2. The van der Waals surface area contributed by atoms with Crippen molar-refractivity contribution in [1.82, 2.24) is 35.4 Å². The summed E-state index contributed by atoms with van der Waals surface area (Å²) in [4.78, 5) is 5.90. The molecule has 36 heavy (non-hydrogen) atoms. The summed E-state index contributed by atoms with van der Waals surface area (Å²) in [6, 6.07) is 21.2. The van der Waals surface area contributed by atoms with E-state index < -0.39 is 10.0 Å². The Morgan fingerprint density at radius 3 is 2.67 bits per heavy atom. The normalized spacial score (nSPS) is 11.3. The van der Waals surface area contributed by atoms with Gasteiger partial charge in [-0.2, -0.15) is 5.10 Å². The molecule has 0 amide bonds. The molecule has 0 atom stereocenters. The minimum atomic E-state index is -3.83. The summed E-state index contributed by atoms with van der Waals surface area (Å²) < 4.78 is 34.2. The number of nitrogens with one attached hydrogen (secondary N) is 2. The van der Waals surface area contributed by atoms with Crippen LogP contribution in [0.4, 0.5) is 5.82 Å². The van der Waals surface area contributed by atoms with Crippen LogP contribution in [0.3, 0.4) is 0 Å². The number of benzene rings is 2. The predicted molar refractivity (Wildman–Crippen MR) is 134 cm³/mol. The topological polar surface area (TPSA) is 141 Å². The van der Waals surface area contributed by atoms with E-state index in [4.69, 9.17) is 4.74 Å². The van der Waals surface area contributed by atoms with Gasteiger partial charge in [-0.3, -0.25) is 14.8 Å². The number of aromatic amines is 1. The van der Waals surface area contributed by atoms with Crippen molar-refractivity contribution in [1.29, 1.82) is 0 Å². The molecule has 0 saturated heterocycles. The summed E-state index contributed by atoms with van der Waals surface area (Å²) in [6.07, 6.45) is 2.99. The second-order valence-corrected chi connectivity index (χ2v) is 10.1. The van der Waals surface area contributed by atoms with Crippen molar-refractivity contribution in [2.75, 3.05) is 4.72 Å². The number of rotatable bonds is 10.